The van der Waals surface area contributed by atoms with Crippen molar-refractivity contribution >= 4 is 28.5 Å². The second-order valence-corrected chi connectivity index (χ2v) is 6.20. The van der Waals surface area contributed by atoms with Crippen molar-refractivity contribution in [3.05, 3.63) is 29.7 Å². The van der Waals surface area contributed by atoms with Gasteiger partial charge in [0.2, 0.25) is 5.88 Å². The maximum atomic E-state index is 5.97. The zero-order valence-corrected chi connectivity index (χ0v) is 13.2. The number of pyridine rings is 1. The number of nitrogen functional groups attached to an aromatic ring is 1. The van der Waals surface area contributed by atoms with Crippen LogP contribution in [0.2, 0.25) is 5.02 Å². The molecule has 0 fully saturated rings. The summed E-state index contributed by atoms with van der Waals surface area (Å²) >= 11 is 5.94. The Balaban J connectivity index is 2.17. The number of nitrogens with two attached hydrogens (primary N) is 1. The molecule has 0 amide bonds. The van der Waals surface area contributed by atoms with E-state index < -0.39 is 0 Å². The fraction of sp³-hybridized carbons (Fsp3) is 0.286. The van der Waals surface area contributed by atoms with Crippen LogP contribution in [0.4, 0.5) is 5.82 Å². The van der Waals surface area contributed by atoms with Crippen molar-refractivity contribution in [1.29, 1.82) is 0 Å². The van der Waals surface area contributed by atoms with Crippen LogP contribution in [0.3, 0.4) is 0 Å². The molecule has 0 aromatic carbocycles. The average Bonchev–Trinajstić information content (AvgIpc) is 2.79. The number of fused-ring (bicyclic) bond motifs is 1. The molecule has 22 heavy (non-hydrogen) atoms. The van der Waals surface area contributed by atoms with Crippen LogP contribution in [0.25, 0.3) is 11.0 Å². The van der Waals surface area contributed by atoms with Gasteiger partial charge < -0.3 is 10.5 Å². The van der Waals surface area contributed by atoms with Gasteiger partial charge in [-0.15, -0.1) is 5.10 Å². The molecule has 0 aliphatic rings. The van der Waals surface area contributed by atoms with Gasteiger partial charge in [0.05, 0.1) is 5.54 Å². The fourth-order valence-electron chi connectivity index (χ4n) is 2.02. The molecular weight excluding hydrogens is 304 g/mol. The maximum Gasteiger partial charge on any atom is 0.253 e. The van der Waals surface area contributed by atoms with Gasteiger partial charge in [0, 0.05) is 17.3 Å². The van der Waals surface area contributed by atoms with Crippen molar-refractivity contribution < 1.29 is 4.74 Å². The van der Waals surface area contributed by atoms with E-state index in [4.69, 9.17) is 22.1 Å². The van der Waals surface area contributed by atoms with Crippen molar-refractivity contribution in [2.45, 2.75) is 26.3 Å². The minimum atomic E-state index is -0.289. The fourth-order valence-corrected chi connectivity index (χ4v) is 2.17. The van der Waals surface area contributed by atoms with Gasteiger partial charge in [-0.05, 0) is 26.8 Å². The molecule has 7 nitrogen and oxygen atoms in total. The van der Waals surface area contributed by atoms with E-state index in [9.17, 15) is 0 Å². The van der Waals surface area contributed by atoms with Gasteiger partial charge in [-0.2, -0.15) is 0 Å². The second-order valence-electron chi connectivity index (χ2n) is 5.76. The molecule has 3 aromatic heterocycles. The molecule has 0 aliphatic carbocycles. The van der Waals surface area contributed by atoms with Crippen molar-refractivity contribution in [3.8, 4) is 11.8 Å². The van der Waals surface area contributed by atoms with Crippen molar-refractivity contribution in [2.24, 2.45) is 0 Å². The summed E-state index contributed by atoms with van der Waals surface area (Å²) in [6.07, 6.45) is 2.96. The van der Waals surface area contributed by atoms with Crippen LogP contribution in [-0.4, -0.2) is 24.7 Å². The SMILES string of the molecule is CC(C)(C)n1nc(Oc2cc(Cl)ccn2)c2c(N)ncnc21. The van der Waals surface area contributed by atoms with Crippen molar-refractivity contribution in [3.63, 3.8) is 0 Å². The highest BCUT2D eigenvalue weighted by atomic mass is 35.5. The topological polar surface area (TPSA) is 91.7 Å². The molecular formula is C14H15ClN6O. The summed E-state index contributed by atoms with van der Waals surface area (Å²) < 4.78 is 7.49. The molecule has 3 heterocycles. The van der Waals surface area contributed by atoms with Crippen LogP contribution in [0, 0.1) is 0 Å². The lowest BCUT2D eigenvalue weighted by Crippen LogP contribution is -2.23. The first-order valence-electron chi connectivity index (χ1n) is 6.65. The number of ether oxygens (including phenoxy) is 1. The molecule has 0 radical (unpaired) electrons. The number of anilines is 1. The Kier molecular flexibility index (Phi) is 3.37. The summed E-state index contributed by atoms with van der Waals surface area (Å²) in [6.45, 7) is 6.04. The Morgan fingerprint density at radius 3 is 2.68 bits per heavy atom. The summed E-state index contributed by atoms with van der Waals surface area (Å²) in [7, 11) is 0. The molecule has 0 saturated heterocycles. The van der Waals surface area contributed by atoms with E-state index in [0.29, 0.717) is 33.6 Å². The van der Waals surface area contributed by atoms with Gasteiger partial charge in [-0.1, -0.05) is 11.6 Å². The normalized spacial score (nSPS) is 11.8. The smallest absolute Gasteiger partial charge is 0.253 e. The van der Waals surface area contributed by atoms with Gasteiger partial charge >= 0.3 is 0 Å². The van der Waals surface area contributed by atoms with E-state index in [0.717, 1.165) is 0 Å². The lowest BCUT2D eigenvalue weighted by molar-refractivity contribution is 0.347. The predicted octanol–water partition coefficient (Wildman–Crippen LogP) is 3.00. The minimum absolute atomic E-state index is 0.289. The van der Waals surface area contributed by atoms with Crippen LogP contribution >= 0.6 is 11.6 Å². The molecule has 2 N–H and O–H groups in total. The van der Waals surface area contributed by atoms with Gasteiger partial charge in [0.25, 0.3) is 5.88 Å². The van der Waals surface area contributed by atoms with Gasteiger partial charge in [-0.3, -0.25) is 0 Å². The van der Waals surface area contributed by atoms with Crippen LogP contribution in [-0.2, 0) is 5.54 Å². The monoisotopic (exact) mass is 318 g/mol. The van der Waals surface area contributed by atoms with E-state index in [1.165, 1.54) is 6.33 Å². The summed E-state index contributed by atoms with van der Waals surface area (Å²) in [5.74, 6) is 0.937. The summed E-state index contributed by atoms with van der Waals surface area (Å²) in [6, 6.07) is 3.27. The van der Waals surface area contributed by atoms with Crippen LogP contribution < -0.4 is 10.5 Å². The summed E-state index contributed by atoms with van der Waals surface area (Å²) in [5.41, 5.74) is 6.29. The van der Waals surface area contributed by atoms with Gasteiger partial charge in [-0.25, -0.2) is 19.6 Å². The Bertz CT molecular complexity index is 839. The molecule has 0 bridgehead atoms. The Labute approximate surface area is 132 Å². The first-order valence-corrected chi connectivity index (χ1v) is 7.03. The number of rotatable bonds is 2. The third kappa shape index (κ3) is 2.55. The minimum Gasteiger partial charge on any atom is -0.418 e. The quantitative estimate of drug-likeness (QED) is 0.781. The Morgan fingerprint density at radius 1 is 1.23 bits per heavy atom. The number of nitrogens with zero attached hydrogens (tertiary/aromatic N) is 5. The number of hydrogen-bond donors (Lipinski definition) is 1. The Hall–Kier alpha value is -2.41. The standard InChI is InChI=1S/C14H15ClN6O/c1-14(2,3)21-12-10(11(16)18-7-19-12)13(20-21)22-9-6-8(15)4-5-17-9/h4-7H,1-3H3,(H2,16,18,19). The highest BCUT2D eigenvalue weighted by Gasteiger charge is 2.24. The molecule has 0 atom stereocenters. The third-order valence-corrected chi connectivity index (χ3v) is 3.23. The first kappa shape index (κ1) is 14.5. The average molecular weight is 319 g/mol. The Morgan fingerprint density at radius 2 is 2.00 bits per heavy atom. The molecule has 3 aromatic rings. The second kappa shape index (κ2) is 5.10. The molecule has 0 spiro atoms. The van der Waals surface area contributed by atoms with E-state index in [1.807, 2.05) is 20.8 Å². The van der Waals surface area contributed by atoms with Gasteiger partial charge in [0.1, 0.15) is 17.5 Å². The van der Waals surface area contributed by atoms with E-state index in [2.05, 4.69) is 20.1 Å². The van der Waals surface area contributed by atoms with Gasteiger partial charge in [0.15, 0.2) is 5.65 Å². The lowest BCUT2D eigenvalue weighted by atomic mass is 10.1. The zero-order chi connectivity index (χ0) is 15.9. The largest absolute Gasteiger partial charge is 0.418 e. The predicted molar refractivity (Wildman–Crippen MR) is 84.1 cm³/mol. The molecule has 3 rings (SSSR count). The summed E-state index contributed by atoms with van der Waals surface area (Å²) in [5, 5.41) is 5.55. The molecule has 8 heteroatoms. The molecule has 0 saturated carbocycles. The van der Waals surface area contributed by atoms with Crippen LogP contribution in [0.15, 0.2) is 24.7 Å². The van der Waals surface area contributed by atoms with E-state index in [1.54, 1.807) is 23.0 Å². The number of halogens is 1. The van der Waals surface area contributed by atoms with E-state index in [-0.39, 0.29) is 5.54 Å². The van der Waals surface area contributed by atoms with Crippen molar-refractivity contribution in [1.82, 2.24) is 24.7 Å². The highest BCUT2D eigenvalue weighted by molar-refractivity contribution is 6.30. The first-order chi connectivity index (χ1) is 10.4. The summed E-state index contributed by atoms with van der Waals surface area (Å²) in [4.78, 5) is 12.4. The molecule has 114 valence electrons. The molecule has 0 unspecified atom stereocenters. The zero-order valence-electron chi connectivity index (χ0n) is 12.4. The number of aromatic nitrogens is 5. The van der Waals surface area contributed by atoms with Crippen LogP contribution in [0.5, 0.6) is 11.8 Å². The highest BCUT2D eigenvalue weighted by Crippen LogP contribution is 2.33. The van der Waals surface area contributed by atoms with Crippen molar-refractivity contribution in [2.75, 3.05) is 5.73 Å². The van der Waals surface area contributed by atoms with E-state index >= 15 is 0 Å². The number of hydrogen-bond acceptors (Lipinski definition) is 6. The van der Waals surface area contributed by atoms with Crippen LogP contribution in [0.1, 0.15) is 20.8 Å². The lowest BCUT2D eigenvalue weighted by Gasteiger charge is -2.19. The third-order valence-electron chi connectivity index (χ3n) is 3.00. The molecule has 0 aliphatic heterocycles. The maximum absolute atomic E-state index is 5.97.